The highest BCUT2D eigenvalue weighted by atomic mass is 32.2. The average molecular weight is 316 g/mol. The van der Waals surface area contributed by atoms with E-state index in [-0.39, 0.29) is 23.7 Å². The zero-order chi connectivity index (χ0) is 15.8. The molecule has 0 amide bonds. The number of carboxylic acid groups (broad SMARTS) is 1. The van der Waals surface area contributed by atoms with Crippen molar-refractivity contribution in [1.82, 2.24) is 8.87 Å². The molecule has 2 rings (SSSR count). The number of nitrogens with zero attached hydrogens (tertiary/aromatic N) is 2. The molecule has 0 atom stereocenters. The van der Waals surface area contributed by atoms with Crippen molar-refractivity contribution in [1.29, 1.82) is 0 Å². The van der Waals surface area contributed by atoms with Crippen LogP contribution in [0.4, 0.5) is 0 Å². The molecule has 1 fully saturated rings. The van der Waals surface area contributed by atoms with E-state index in [0.717, 1.165) is 0 Å². The van der Waals surface area contributed by atoms with Gasteiger partial charge in [0, 0.05) is 25.8 Å². The quantitative estimate of drug-likeness (QED) is 0.853. The number of sulfonamides is 1. The second kappa shape index (κ2) is 5.43. The van der Waals surface area contributed by atoms with E-state index in [1.165, 1.54) is 21.1 Å². The van der Waals surface area contributed by atoms with Gasteiger partial charge in [-0.05, 0) is 32.8 Å². The Balaban J connectivity index is 2.30. The topological polar surface area (TPSA) is 99.8 Å². The maximum Gasteiger partial charge on any atom is 0.352 e. The van der Waals surface area contributed by atoms with E-state index in [4.69, 9.17) is 5.11 Å². The molecule has 2 N–H and O–H groups in total. The molecular weight excluding hydrogens is 296 g/mol. The first kappa shape index (κ1) is 16.0. The minimum absolute atomic E-state index is 0.0108. The second-order valence-electron chi connectivity index (χ2n) is 5.55. The minimum atomic E-state index is -3.72. The summed E-state index contributed by atoms with van der Waals surface area (Å²) in [5.74, 6) is -1.15. The molecule has 0 unspecified atom stereocenters. The number of aromatic nitrogens is 1. The van der Waals surface area contributed by atoms with Gasteiger partial charge in [-0.25, -0.2) is 13.2 Å². The Kier molecular flexibility index (Phi) is 4.14. The monoisotopic (exact) mass is 316 g/mol. The van der Waals surface area contributed by atoms with Gasteiger partial charge in [-0.2, -0.15) is 4.31 Å². The molecule has 1 aromatic heterocycles. The summed E-state index contributed by atoms with van der Waals surface area (Å²) in [6.07, 6.45) is 2.09. The number of aromatic carboxylic acids is 1. The number of piperidine rings is 1. The van der Waals surface area contributed by atoms with Gasteiger partial charge >= 0.3 is 5.97 Å². The largest absolute Gasteiger partial charge is 0.477 e. The van der Waals surface area contributed by atoms with Gasteiger partial charge in [0.05, 0.1) is 5.60 Å². The lowest BCUT2D eigenvalue weighted by Crippen LogP contribution is -2.44. The van der Waals surface area contributed by atoms with Crippen molar-refractivity contribution in [2.75, 3.05) is 13.1 Å². The van der Waals surface area contributed by atoms with Crippen molar-refractivity contribution in [3.05, 3.63) is 18.0 Å². The Morgan fingerprint density at radius 3 is 2.38 bits per heavy atom. The molecule has 1 aliphatic heterocycles. The van der Waals surface area contributed by atoms with Crippen LogP contribution in [0.3, 0.4) is 0 Å². The lowest BCUT2D eigenvalue weighted by atomic mass is 9.95. The molecular formula is C13H20N2O5S. The smallest absolute Gasteiger partial charge is 0.352 e. The first-order valence-electron chi connectivity index (χ1n) is 6.83. The average Bonchev–Trinajstić information content (AvgIpc) is 2.83. The number of carbonyl (C=O) groups is 1. The van der Waals surface area contributed by atoms with E-state index in [1.807, 2.05) is 0 Å². The second-order valence-corrected chi connectivity index (χ2v) is 7.49. The number of hydrogen-bond acceptors (Lipinski definition) is 4. The van der Waals surface area contributed by atoms with Crippen molar-refractivity contribution < 1.29 is 23.4 Å². The maximum absolute atomic E-state index is 12.5. The number of rotatable bonds is 4. The lowest BCUT2D eigenvalue weighted by Gasteiger charge is -2.34. The van der Waals surface area contributed by atoms with Crippen molar-refractivity contribution >= 4 is 16.0 Å². The Labute approximate surface area is 123 Å². The van der Waals surface area contributed by atoms with E-state index < -0.39 is 21.6 Å². The van der Waals surface area contributed by atoms with Gasteiger partial charge in [0.25, 0.3) is 0 Å². The Morgan fingerprint density at radius 1 is 1.38 bits per heavy atom. The van der Waals surface area contributed by atoms with Crippen LogP contribution >= 0.6 is 0 Å². The molecule has 0 aliphatic carbocycles. The third-order valence-corrected chi connectivity index (χ3v) is 5.73. The summed E-state index contributed by atoms with van der Waals surface area (Å²) >= 11 is 0. The predicted molar refractivity (Wildman–Crippen MR) is 75.7 cm³/mol. The van der Waals surface area contributed by atoms with Gasteiger partial charge in [0.15, 0.2) is 0 Å². The zero-order valence-electron chi connectivity index (χ0n) is 12.1. The summed E-state index contributed by atoms with van der Waals surface area (Å²) in [4.78, 5) is 11.1. The van der Waals surface area contributed by atoms with E-state index >= 15 is 0 Å². The molecule has 0 spiro atoms. The van der Waals surface area contributed by atoms with E-state index in [1.54, 1.807) is 13.8 Å². The standard InChI is InChI=1S/C13H20N2O5S/c1-3-14-9-10(8-11(14)12(16)17)21(19,20)15-6-4-13(2,18)5-7-15/h8-9,18H,3-7H2,1-2H3,(H,16,17). The molecule has 1 saturated heterocycles. The van der Waals surface area contributed by atoms with Crippen LogP contribution in [0.15, 0.2) is 17.2 Å². The molecule has 8 heteroatoms. The third-order valence-electron chi connectivity index (χ3n) is 3.87. The van der Waals surface area contributed by atoms with Gasteiger partial charge in [-0.1, -0.05) is 0 Å². The molecule has 0 radical (unpaired) electrons. The predicted octanol–water partition coefficient (Wildman–Crippen LogP) is 0.742. The third kappa shape index (κ3) is 3.12. The SMILES string of the molecule is CCn1cc(S(=O)(=O)N2CCC(C)(O)CC2)cc1C(=O)O. The van der Waals surface area contributed by atoms with Crippen molar-refractivity contribution in [2.45, 2.75) is 43.7 Å². The fraction of sp³-hybridized carbons (Fsp3) is 0.615. The number of carboxylic acids is 1. The van der Waals surface area contributed by atoms with Crippen LogP contribution in [-0.4, -0.2) is 52.2 Å². The summed E-state index contributed by atoms with van der Waals surface area (Å²) in [6.45, 7) is 4.28. The normalized spacial score (nSPS) is 19.6. The molecule has 0 bridgehead atoms. The summed E-state index contributed by atoms with van der Waals surface area (Å²) in [5.41, 5.74) is -0.881. The van der Waals surface area contributed by atoms with Gasteiger partial charge in [-0.3, -0.25) is 0 Å². The van der Waals surface area contributed by atoms with Crippen LogP contribution in [0.2, 0.25) is 0 Å². The first-order chi connectivity index (χ1) is 9.67. The molecule has 0 aromatic carbocycles. The Hall–Kier alpha value is -1.38. The van der Waals surface area contributed by atoms with Gasteiger partial charge in [0.1, 0.15) is 10.6 Å². The molecule has 1 aromatic rings. The van der Waals surface area contributed by atoms with Crippen LogP contribution < -0.4 is 0 Å². The number of hydrogen-bond donors (Lipinski definition) is 2. The molecule has 118 valence electrons. The van der Waals surface area contributed by atoms with Crippen LogP contribution in [0, 0.1) is 0 Å². The van der Waals surface area contributed by atoms with Crippen molar-refractivity contribution in [3.8, 4) is 0 Å². The van der Waals surface area contributed by atoms with E-state index in [9.17, 15) is 18.3 Å². The minimum Gasteiger partial charge on any atom is -0.477 e. The summed E-state index contributed by atoms with van der Waals surface area (Å²) in [6, 6.07) is 1.19. The van der Waals surface area contributed by atoms with Gasteiger partial charge in [-0.15, -0.1) is 0 Å². The van der Waals surface area contributed by atoms with Crippen LogP contribution in [0.5, 0.6) is 0 Å². The maximum atomic E-state index is 12.5. The Bertz CT molecular complexity index is 638. The van der Waals surface area contributed by atoms with E-state index in [0.29, 0.717) is 19.4 Å². The molecule has 1 aliphatic rings. The van der Waals surface area contributed by atoms with Crippen molar-refractivity contribution in [3.63, 3.8) is 0 Å². The highest BCUT2D eigenvalue weighted by molar-refractivity contribution is 7.89. The fourth-order valence-electron chi connectivity index (χ4n) is 2.42. The van der Waals surface area contributed by atoms with Gasteiger partial charge < -0.3 is 14.8 Å². The highest BCUT2D eigenvalue weighted by Crippen LogP contribution is 2.27. The number of aliphatic hydroxyl groups is 1. The zero-order valence-corrected chi connectivity index (χ0v) is 12.9. The van der Waals surface area contributed by atoms with E-state index in [2.05, 4.69) is 0 Å². The summed E-state index contributed by atoms with van der Waals surface area (Å²) in [7, 11) is -3.72. The summed E-state index contributed by atoms with van der Waals surface area (Å²) < 4.78 is 27.8. The lowest BCUT2D eigenvalue weighted by molar-refractivity contribution is 0.0126. The van der Waals surface area contributed by atoms with Crippen LogP contribution in [0.1, 0.15) is 37.2 Å². The molecule has 0 saturated carbocycles. The molecule has 2 heterocycles. The highest BCUT2D eigenvalue weighted by Gasteiger charge is 2.35. The molecule has 7 nitrogen and oxygen atoms in total. The fourth-order valence-corrected chi connectivity index (χ4v) is 3.91. The van der Waals surface area contributed by atoms with Crippen LogP contribution in [-0.2, 0) is 16.6 Å². The number of aryl methyl sites for hydroxylation is 1. The molecule has 21 heavy (non-hydrogen) atoms. The Morgan fingerprint density at radius 2 is 1.95 bits per heavy atom. The van der Waals surface area contributed by atoms with Crippen molar-refractivity contribution in [2.24, 2.45) is 0 Å². The first-order valence-corrected chi connectivity index (χ1v) is 8.27. The van der Waals surface area contributed by atoms with Crippen LogP contribution in [0.25, 0.3) is 0 Å². The van der Waals surface area contributed by atoms with Gasteiger partial charge in [0.2, 0.25) is 10.0 Å². The summed E-state index contributed by atoms with van der Waals surface area (Å²) in [5, 5.41) is 19.0.